The number of nitrogens with one attached hydrogen (secondary N) is 1. The zero-order valence-electron chi connectivity index (χ0n) is 9.45. The van der Waals surface area contributed by atoms with Crippen LogP contribution in [0.25, 0.3) is 0 Å². The third kappa shape index (κ3) is 2.05. The van der Waals surface area contributed by atoms with E-state index < -0.39 is 0 Å². The first-order chi connectivity index (χ1) is 8.28. The van der Waals surface area contributed by atoms with Gasteiger partial charge < -0.3 is 9.73 Å². The van der Waals surface area contributed by atoms with Gasteiger partial charge in [-0.05, 0) is 35.7 Å². The quantitative estimate of drug-likeness (QED) is 0.940. The van der Waals surface area contributed by atoms with E-state index in [9.17, 15) is 0 Å². The van der Waals surface area contributed by atoms with Gasteiger partial charge in [-0.15, -0.1) is 0 Å². The summed E-state index contributed by atoms with van der Waals surface area (Å²) in [6, 6.07) is 10.7. The molecular weight excluding hydrogens is 278 g/mol. The van der Waals surface area contributed by atoms with Crippen molar-refractivity contribution in [2.24, 2.45) is 0 Å². The number of hydrogen-bond donors (Lipinski definition) is 1. The van der Waals surface area contributed by atoms with E-state index in [0.29, 0.717) is 0 Å². The van der Waals surface area contributed by atoms with E-state index >= 15 is 0 Å². The molecule has 1 N–H and O–H groups in total. The lowest BCUT2D eigenvalue weighted by Gasteiger charge is -2.43. The summed E-state index contributed by atoms with van der Waals surface area (Å²) < 4.78 is 6.31. The van der Waals surface area contributed by atoms with Gasteiger partial charge in [0.1, 0.15) is 0 Å². The third-order valence-electron chi connectivity index (χ3n) is 3.49. The molecule has 1 saturated heterocycles. The maximum atomic E-state index is 5.16. The number of halogens is 1. The molecule has 2 aromatic rings. The molecule has 0 saturated carbocycles. The summed E-state index contributed by atoms with van der Waals surface area (Å²) in [6.07, 6.45) is 4.63. The van der Waals surface area contributed by atoms with Gasteiger partial charge in [0.15, 0.2) is 0 Å². The van der Waals surface area contributed by atoms with Crippen molar-refractivity contribution in [3.63, 3.8) is 0 Å². The maximum Gasteiger partial charge on any atom is 0.0934 e. The molecule has 17 heavy (non-hydrogen) atoms. The molecule has 3 heteroatoms. The Balaban J connectivity index is 1.92. The van der Waals surface area contributed by atoms with Crippen LogP contribution in [0.4, 0.5) is 0 Å². The van der Waals surface area contributed by atoms with Crippen LogP contribution in [0.1, 0.15) is 11.1 Å². The Morgan fingerprint density at radius 1 is 1.29 bits per heavy atom. The lowest BCUT2D eigenvalue weighted by molar-refractivity contribution is 0.274. The van der Waals surface area contributed by atoms with Crippen LogP contribution in [0.3, 0.4) is 0 Å². The summed E-state index contributed by atoms with van der Waals surface area (Å²) in [5.41, 5.74) is 2.89. The van der Waals surface area contributed by atoms with Crippen molar-refractivity contribution in [3.05, 3.63) is 58.5 Å². The Kier molecular flexibility index (Phi) is 2.81. The normalized spacial score (nSPS) is 17.7. The summed E-state index contributed by atoms with van der Waals surface area (Å²) in [5, 5.41) is 3.39. The summed E-state index contributed by atoms with van der Waals surface area (Å²) in [4.78, 5) is 0. The average Bonchev–Trinajstić information content (AvgIpc) is 2.76. The zero-order chi connectivity index (χ0) is 11.7. The van der Waals surface area contributed by atoms with Gasteiger partial charge in [-0.3, -0.25) is 0 Å². The minimum Gasteiger partial charge on any atom is -0.472 e. The topological polar surface area (TPSA) is 25.2 Å². The van der Waals surface area contributed by atoms with Crippen molar-refractivity contribution < 1.29 is 4.42 Å². The van der Waals surface area contributed by atoms with Crippen LogP contribution < -0.4 is 5.32 Å². The second-order valence-corrected chi connectivity index (χ2v) is 5.62. The van der Waals surface area contributed by atoms with Crippen LogP contribution in [0.5, 0.6) is 0 Å². The average molecular weight is 292 g/mol. The smallest absolute Gasteiger partial charge is 0.0934 e. The molecule has 1 aromatic carbocycles. The van der Waals surface area contributed by atoms with Crippen molar-refractivity contribution >= 4 is 15.9 Å². The maximum absolute atomic E-state index is 5.16. The Labute approximate surface area is 109 Å². The molecule has 1 fully saturated rings. The van der Waals surface area contributed by atoms with Crippen LogP contribution in [0.15, 0.2) is 51.7 Å². The molecule has 88 valence electrons. The molecule has 0 unspecified atom stereocenters. The van der Waals surface area contributed by atoms with Crippen molar-refractivity contribution in [1.29, 1.82) is 0 Å². The summed E-state index contributed by atoms with van der Waals surface area (Å²) >= 11 is 3.55. The Morgan fingerprint density at radius 3 is 2.76 bits per heavy atom. The van der Waals surface area contributed by atoms with Gasteiger partial charge in [-0.2, -0.15) is 0 Å². The minimum atomic E-state index is 0.230. The molecule has 3 rings (SSSR count). The van der Waals surface area contributed by atoms with Crippen molar-refractivity contribution in [3.8, 4) is 0 Å². The highest BCUT2D eigenvalue weighted by Gasteiger charge is 2.38. The lowest BCUT2D eigenvalue weighted by Crippen LogP contribution is -2.58. The lowest BCUT2D eigenvalue weighted by atomic mass is 9.71. The van der Waals surface area contributed by atoms with Gasteiger partial charge in [0.05, 0.1) is 12.5 Å². The molecule has 2 heterocycles. The molecule has 0 bridgehead atoms. The molecule has 1 aliphatic rings. The van der Waals surface area contributed by atoms with Crippen LogP contribution in [0.2, 0.25) is 0 Å². The fraction of sp³-hybridized carbons (Fsp3) is 0.286. The predicted octanol–water partition coefficient (Wildman–Crippen LogP) is 3.13. The van der Waals surface area contributed by atoms with Gasteiger partial charge in [-0.25, -0.2) is 0 Å². The van der Waals surface area contributed by atoms with Crippen LogP contribution >= 0.6 is 15.9 Å². The van der Waals surface area contributed by atoms with E-state index in [0.717, 1.165) is 24.0 Å². The van der Waals surface area contributed by atoms with Gasteiger partial charge >= 0.3 is 0 Å². The van der Waals surface area contributed by atoms with E-state index in [2.05, 4.69) is 51.6 Å². The first-order valence-electron chi connectivity index (χ1n) is 5.76. The van der Waals surface area contributed by atoms with Crippen molar-refractivity contribution in [1.82, 2.24) is 5.32 Å². The number of benzene rings is 1. The van der Waals surface area contributed by atoms with Gasteiger partial charge in [0, 0.05) is 23.0 Å². The van der Waals surface area contributed by atoms with E-state index in [4.69, 9.17) is 4.42 Å². The third-order valence-corrected chi connectivity index (χ3v) is 3.98. The second-order valence-electron chi connectivity index (χ2n) is 4.70. The Bertz CT molecular complexity index is 503. The summed E-state index contributed by atoms with van der Waals surface area (Å²) in [5.74, 6) is 0. The number of hydrogen-bond acceptors (Lipinski definition) is 2. The van der Waals surface area contributed by atoms with E-state index in [1.54, 1.807) is 6.26 Å². The first kappa shape index (κ1) is 11.1. The standard InChI is InChI=1S/C14H14BrNO/c15-13-3-1-2-12(6-13)14(9-16-10-14)7-11-4-5-17-8-11/h1-6,8,16H,7,9-10H2. The highest BCUT2D eigenvalue weighted by atomic mass is 79.9. The van der Waals surface area contributed by atoms with Gasteiger partial charge in [0.25, 0.3) is 0 Å². The Hall–Kier alpha value is -1.06. The molecule has 2 nitrogen and oxygen atoms in total. The molecule has 1 aliphatic heterocycles. The second kappa shape index (κ2) is 4.31. The van der Waals surface area contributed by atoms with Crippen molar-refractivity contribution in [2.75, 3.05) is 13.1 Å². The summed E-state index contributed by atoms with van der Waals surface area (Å²) in [7, 11) is 0. The fourth-order valence-corrected chi connectivity index (χ4v) is 2.86. The predicted molar refractivity (Wildman–Crippen MR) is 71.1 cm³/mol. The van der Waals surface area contributed by atoms with Crippen LogP contribution in [-0.4, -0.2) is 13.1 Å². The molecule has 0 spiro atoms. The minimum absolute atomic E-state index is 0.230. The number of furan rings is 1. The Morgan fingerprint density at radius 2 is 2.18 bits per heavy atom. The molecule has 0 aliphatic carbocycles. The first-order valence-corrected chi connectivity index (χ1v) is 6.56. The SMILES string of the molecule is Brc1cccc(C2(Cc3ccoc3)CNC2)c1. The van der Waals surface area contributed by atoms with Gasteiger partial charge in [-0.1, -0.05) is 28.1 Å². The van der Waals surface area contributed by atoms with E-state index in [1.807, 2.05) is 6.26 Å². The molecular formula is C14H14BrNO. The molecule has 0 atom stereocenters. The molecule has 0 radical (unpaired) electrons. The highest BCUT2D eigenvalue weighted by molar-refractivity contribution is 9.10. The van der Waals surface area contributed by atoms with Crippen molar-refractivity contribution in [2.45, 2.75) is 11.8 Å². The largest absolute Gasteiger partial charge is 0.472 e. The molecule has 1 aromatic heterocycles. The summed E-state index contributed by atoms with van der Waals surface area (Å²) in [6.45, 7) is 2.07. The monoisotopic (exact) mass is 291 g/mol. The van der Waals surface area contributed by atoms with E-state index in [1.165, 1.54) is 11.1 Å². The zero-order valence-corrected chi connectivity index (χ0v) is 11.0. The number of rotatable bonds is 3. The molecule has 0 amide bonds. The fourth-order valence-electron chi connectivity index (χ4n) is 2.46. The highest BCUT2D eigenvalue weighted by Crippen LogP contribution is 2.33. The van der Waals surface area contributed by atoms with Crippen LogP contribution in [-0.2, 0) is 11.8 Å². The van der Waals surface area contributed by atoms with Gasteiger partial charge in [0.2, 0.25) is 0 Å². The van der Waals surface area contributed by atoms with Crippen LogP contribution in [0, 0.1) is 0 Å². The van der Waals surface area contributed by atoms with E-state index in [-0.39, 0.29) is 5.41 Å².